The quantitative estimate of drug-likeness (QED) is 0.801. The number of amides is 1. The first-order chi connectivity index (χ1) is 8.56. The number of carbonyl (C=O) groups is 1. The van der Waals surface area contributed by atoms with Gasteiger partial charge in [-0.25, -0.2) is 4.98 Å². The number of hydrogen-bond acceptors (Lipinski definition) is 5. The molecule has 4 N–H and O–H groups in total. The zero-order chi connectivity index (χ0) is 13.1. The van der Waals surface area contributed by atoms with Gasteiger partial charge in [0.1, 0.15) is 11.8 Å². The molecule has 1 saturated heterocycles. The van der Waals surface area contributed by atoms with Gasteiger partial charge in [-0.05, 0) is 32.0 Å². The van der Waals surface area contributed by atoms with E-state index >= 15 is 0 Å². The summed E-state index contributed by atoms with van der Waals surface area (Å²) in [5.41, 5.74) is 11.6. The molecule has 6 heteroatoms. The second-order valence-electron chi connectivity index (χ2n) is 4.58. The third kappa shape index (κ3) is 2.89. The first-order valence-corrected chi connectivity index (χ1v) is 5.98. The number of piperidine rings is 1. The van der Waals surface area contributed by atoms with Gasteiger partial charge in [-0.3, -0.25) is 4.79 Å². The van der Waals surface area contributed by atoms with E-state index < -0.39 is 5.91 Å². The second kappa shape index (κ2) is 5.22. The van der Waals surface area contributed by atoms with Crippen LogP contribution in [0.3, 0.4) is 0 Å². The van der Waals surface area contributed by atoms with Crippen LogP contribution < -0.4 is 16.2 Å². The first kappa shape index (κ1) is 12.6. The molecular formula is C12H18N4O2. The maximum absolute atomic E-state index is 11.1. The molecule has 2 rings (SSSR count). The monoisotopic (exact) mass is 250 g/mol. The topological polar surface area (TPSA) is 94.5 Å². The SMILES string of the molecule is CN1CCC(Oc2nc(C(N)=O)ccc2N)CC1. The van der Waals surface area contributed by atoms with E-state index in [9.17, 15) is 4.79 Å². The van der Waals surface area contributed by atoms with Gasteiger partial charge in [0, 0.05) is 13.1 Å². The van der Waals surface area contributed by atoms with Crippen LogP contribution >= 0.6 is 0 Å². The smallest absolute Gasteiger partial charge is 0.267 e. The molecule has 98 valence electrons. The van der Waals surface area contributed by atoms with Gasteiger partial charge in [-0.2, -0.15) is 0 Å². The minimum absolute atomic E-state index is 0.0964. The van der Waals surface area contributed by atoms with Crippen LogP contribution in [0.5, 0.6) is 5.88 Å². The lowest BCUT2D eigenvalue weighted by atomic mass is 10.1. The highest BCUT2D eigenvalue weighted by Gasteiger charge is 2.20. The van der Waals surface area contributed by atoms with Crippen LogP contribution in [-0.4, -0.2) is 42.0 Å². The lowest BCUT2D eigenvalue weighted by Crippen LogP contribution is -2.36. The molecule has 0 radical (unpaired) electrons. The summed E-state index contributed by atoms with van der Waals surface area (Å²) in [5.74, 6) is -0.274. The minimum Gasteiger partial charge on any atom is -0.473 e. The Morgan fingerprint density at radius 3 is 2.72 bits per heavy atom. The van der Waals surface area contributed by atoms with Crippen molar-refractivity contribution in [1.29, 1.82) is 0 Å². The molecule has 1 aromatic rings. The molecule has 0 spiro atoms. The third-order valence-corrected chi connectivity index (χ3v) is 3.09. The van der Waals surface area contributed by atoms with Crippen molar-refractivity contribution in [3.05, 3.63) is 17.8 Å². The Kier molecular flexibility index (Phi) is 3.66. The fourth-order valence-corrected chi connectivity index (χ4v) is 1.94. The Labute approximate surface area is 106 Å². The van der Waals surface area contributed by atoms with E-state index in [1.165, 1.54) is 6.07 Å². The van der Waals surface area contributed by atoms with E-state index in [2.05, 4.69) is 16.9 Å². The van der Waals surface area contributed by atoms with E-state index in [-0.39, 0.29) is 11.8 Å². The molecule has 0 unspecified atom stereocenters. The van der Waals surface area contributed by atoms with Gasteiger partial charge in [0.25, 0.3) is 5.91 Å². The minimum atomic E-state index is -0.580. The normalized spacial score (nSPS) is 17.6. The molecule has 0 atom stereocenters. The summed E-state index contributed by atoms with van der Waals surface area (Å²) in [6.45, 7) is 1.97. The van der Waals surface area contributed by atoms with Gasteiger partial charge in [-0.1, -0.05) is 0 Å². The molecule has 2 heterocycles. The molecule has 0 saturated carbocycles. The number of nitrogen functional groups attached to an aromatic ring is 1. The Morgan fingerprint density at radius 1 is 1.44 bits per heavy atom. The average molecular weight is 250 g/mol. The van der Waals surface area contributed by atoms with Crippen LogP contribution in [-0.2, 0) is 0 Å². The number of ether oxygens (including phenoxy) is 1. The molecule has 6 nitrogen and oxygen atoms in total. The number of aromatic nitrogens is 1. The van der Waals surface area contributed by atoms with Crippen molar-refractivity contribution < 1.29 is 9.53 Å². The van der Waals surface area contributed by atoms with Crippen LogP contribution in [0.25, 0.3) is 0 Å². The highest BCUT2D eigenvalue weighted by atomic mass is 16.5. The Hall–Kier alpha value is -1.82. The first-order valence-electron chi connectivity index (χ1n) is 5.98. The van der Waals surface area contributed by atoms with E-state index in [4.69, 9.17) is 16.2 Å². The number of carbonyl (C=O) groups excluding carboxylic acids is 1. The zero-order valence-corrected chi connectivity index (χ0v) is 10.4. The number of primary amides is 1. The molecule has 0 bridgehead atoms. The molecule has 0 aromatic carbocycles. The van der Waals surface area contributed by atoms with E-state index in [0.717, 1.165) is 25.9 Å². The van der Waals surface area contributed by atoms with E-state index in [1.54, 1.807) is 6.07 Å². The summed E-state index contributed by atoms with van der Waals surface area (Å²) in [6, 6.07) is 3.09. The predicted octanol–water partition coefficient (Wildman–Crippen LogP) is 0.236. The maximum Gasteiger partial charge on any atom is 0.267 e. The number of pyridine rings is 1. The fourth-order valence-electron chi connectivity index (χ4n) is 1.94. The number of anilines is 1. The molecule has 1 amide bonds. The third-order valence-electron chi connectivity index (χ3n) is 3.09. The lowest BCUT2D eigenvalue weighted by molar-refractivity contribution is 0.0983. The predicted molar refractivity (Wildman–Crippen MR) is 68.3 cm³/mol. The Morgan fingerprint density at radius 2 is 2.11 bits per heavy atom. The van der Waals surface area contributed by atoms with Crippen molar-refractivity contribution in [3.63, 3.8) is 0 Å². The summed E-state index contributed by atoms with van der Waals surface area (Å²) in [5, 5.41) is 0. The van der Waals surface area contributed by atoms with Crippen LogP contribution in [0.2, 0.25) is 0 Å². The van der Waals surface area contributed by atoms with E-state index in [0.29, 0.717) is 11.6 Å². The van der Waals surface area contributed by atoms with Crippen molar-refractivity contribution in [3.8, 4) is 5.88 Å². The molecule has 1 fully saturated rings. The standard InChI is InChI=1S/C12H18N4O2/c1-16-6-4-8(5-7-16)18-12-9(13)2-3-10(15-12)11(14)17/h2-3,8H,4-7,13H2,1H3,(H2,14,17). The lowest BCUT2D eigenvalue weighted by Gasteiger charge is -2.29. The van der Waals surface area contributed by atoms with Gasteiger partial charge in [0.15, 0.2) is 0 Å². The summed E-state index contributed by atoms with van der Waals surface area (Å²) >= 11 is 0. The largest absolute Gasteiger partial charge is 0.473 e. The molecule has 1 aromatic heterocycles. The van der Waals surface area contributed by atoms with Crippen molar-refractivity contribution >= 4 is 11.6 Å². The number of nitrogens with two attached hydrogens (primary N) is 2. The van der Waals surface area contributed by atoms with Crippen molar-refractivity contribution in [2.75, 3.05) is 25.9 Å². The molecule has 1 aliphatic rings. The van der Waals surface area contributed by atoms with Gasteiger partial charge in [0.05, 0.1) is 5.69 Å². The molecule has 1 aliphatic heterocycles. The summed E-state index contributed by atoms with van der Waals surface area (Å²) in [7, 11) is 2.08. The Balaban J connectivity index is 2.08. The second-order valence-corrected chi connectivity index (χ2v) is 4.58. The van der Waals surface area contributed by atoms with Gasteiger partial charge in [0.2, 0.25) is 5.88 Å². The summed E-state index contributed by atoms with van der Waals surface area (Å²) in [4.78, 5) is 17.4. The highest BCUT2D eigenvalue weighted by Crippen LogP contribution is 2.22. The van der Waals surface area contributed by atoms with Crippen LogP contribution in [0.15, 0.2) is 12.1 Å². The fraction of sp³-hybridized carbons (Fsp3) is 0.500. The van der Waals surface area contributed by atoms with Gasteiger partial charge in [-0.15, -0.1) is 0 Å². The number of nitrogens with zero attached hydrogens (tertiary/aromatic N) is 2. The van der Waals surface area contributed by atoms with Crippen molar-refractivity contribution in [2.45, 2.75) is 18.9 Å². The molecular weight excluding hydrogens is 232 g/mol. The number of rotatable bonds is 3. The van der Waals surface area contributed by atoms with Gasteiger partial charge < -0.3 is 21.1 Å². The van der Waals surface area contributed by atoms with Gasteiger partial charge >= 0.3 is 0 Å². The van der Waals surface area contributed by atoms with Crippen LogP contribution in [0.4, 0.5) is 5.69 Å². The summed E-state index contributed by atoms with van der Waals surface area (Å²) in [6.07, 6.45) is 1.95. The molecule has 18 heavy (non-hydrogen) atoms. The average Bonchev–Trinajstić information content (AvgIpc) is 2.34. The highest BCUT2D eigenvalue weighted by molar-refractivity contribution is 5.91. The van der Waals surface area contributed by atoms with Crippen LogP contribution in [0, 0.1) is 0 Å². The number of hydrogen-bond donors (Lipinski definition) is 2. The van der Waals surface area contributed by atoms with Crippen LogP contribution in [0.1, 0.15) is 23.3 Å². The van der Waals surface area contributed by atoms with Crippen molar-refractivity contribution in [2.24, 2.45) is 5.73 Å². The maximum atomic E-state index is 11.1. The number of likely N-dealkylation sites (tertiary alicyclic amines) is 1. The molecule has 0 aliphatic carbocycles. The zero-order valence-electron chi connectivity index (χ0n) is 10.4. The van der Waals surface area contributed by atoms with E-state index in [1.807, 2.05) is 0 Å². The Bertz CT molecular complexity index is 442. The van der Waals surface area contributed by atoms with Crippen molar-refractivity contribution in [1.82, 2.24) is 9.88 Å². The summed E-state index contributed by atoms with van der Waals surface area (Å²) < 4.78 is 5.75.